The van der Waals surface area contributed by atoms with E-state index in [0.29, 0.717) is 13.8 Å². The first-order valence-corrected chi connectivity index (χ1v) is 9.52. The molecule has 0 radical (unpaired) electrons. The van der Waals surface area contributed by atoms with Crippen LogP contribution in [0.3, 0.4) is 0 Å². The monoisotopic (exact) mass is 483 g/mol. The Kier molecular flexibility index (Phi) is 6.29. The van der Waals surface area contributed by atoms with Crippen molar-refractivity contribution >= 4 is 11.6 Å². The van der Waals surface area contributed by atoms with Crippen molar-refractivity contribution < 1.29 is 22.3 Å². The predicted molar refractivity (Wildman–Crippen MR) is 108 cm³/mol. The van der Waals surface area contributed by atoms with Crippen LogP contribution in [0.4, 0.5) is 17.6 Å². The summed E-state index contributed by atoms with van der Waals surface area (Å²) in [5.74, 6) is -8.46. The molecule has 172 valence electrons. The van der Waals surface area contributed by atoms with Gasteiger partial charge in [0.2, 0.25) is 5.75 Å². The Hall–Kier alpha value is -3.72. The van der Waals surface area contributed by atoms with Crippen molar-refractivity contribution in [2.75, 3.05) is 0 Å². The Morgan fingerprint density at radius 2 is 1.79 bits per heavy atom. The zero-order valence-electron chi connectivity index (χ0n) is 17.0. The van der Waals surface area contributed by atoms with E-state index in [1.165, 1.54) is 18.2 Å². The molecule has 2 aromatic heterocycles. The fourth-order valence-corrected chi connectivity index (χ4v) is 3.00. The van der Waals surface area contributed by atoms with Crippen LogP contribution in [0.25, 0.3) is 0 Å². The Balaban J connectivity index is 2.07. The van der Waals surface area contributed by atoms with Gasteiger partial charge in [-0.05, 0) is 24.3 Å². The normalized spacial score (nSPS) is 11.8. The first kappa shape index (κ1) is 23.9. The highest BCUT2D eigenvalue weighted by atomic mass is 35.5. The lowest BCUT2D eigenvalue weighted by molar-refractivity contribution is 0.00993. The summed E-state index contributed by atoms with van der Waals surface area (Å²) in [4.78, 5) is 30.5. The van der Waals surface area contributed by atoms with Gasteiger partial charge >= 0.3 is 0 Å². The molecule has 0 aliphatic carbocycles. The molecule has 3 rings (SSSR count). The van der Waals surface area contributed by atoms with Crippen LogP contribution in [-0.4, -0.2) is 20.2 Å². The summed E-state index contributed by atoms with van der Waals surface area (Å²) in [6.45, 7) is 1.03. The lowest BCUT2D eigenvalue weighted by Gasteiger charge is -2.16. The van der Waals surface area contributed by atoms with Gasteiger partial charge in [0.25, 0.3) is 23.0 Å². The van der Waals surface area contributed by atoms with Gasteiger partial charge in [-0.25, -0.2) is 10.1 Å². The Morgan fingerprint density at radius 1 is 1.09 bits per heavy atom. The highest BCUT2D eigenvalue weighted by molar-refractivity contribution is 6.30. The van der Waals surface area contributed by atoms with E-state index in [0.717, 1.165) is 6.07 Å². The molecular weight excluding hydrogens is 470 g/mol. The van der Waals surface area contributed by atoms with E-state index in [4.69, 9.17) is 21.6 Å². The molecule has 0 saturated heterocycles. The molecule has 13 heteroatoms. The number of H-pyrrole nitrogens is 2. The minimum absolute atomic E-state index is 0.0590. The average Bonchev–Trinajstić information content (AvgIpc) is 2.69. The third-order valence-corrected chi connectivity index (χ3v) is 4.47. The number of rotatable bonds is 6. The van der Waals surface area contributed by atoms with Crippen LogP contribution in [0, 0.1) is 11.3 Å². The van der Waals surface area contributed by atoms with Gasteiger partial charge in [-0.2, -0.15) is 27.9 Å². The fraction of sp³-hybridized carbons (Fsp3) is 0.250. The second-order valence-corrected chi connectivity index (χ2v) is 7.58. The number of hydrogen-bond acceptors (Lipinski definition) is 6. The van der Waals surface area contributed by atoms with Crippen LogP contribution in [0.1, 0.15) is 42.2 Å². The molecule has 0 aliphatic heterocycles. The molecule has 0 atom stereocenters. The number of nitrogens with one attached hydrogen (secondary N) is 2. The van der Waals surface area contributed by atoms with Crippen molar-refractivity contribution in [1.82, 2.24) is 20.2 Å². The molecule has 0 saturated carbocycles. The van der Waals surface area contributed by atoms with Gasteiger partial charge < -0.3 is 9.72 Å². The molecule has 2 heterocycles. The van der Waals surface area contributed by atoms with E-state index in [-0.39, 0.29) is 21.9 Å². The van der Waals surface area contributed by atoms with Crippen LogP contribution < -0.4 is 15.9 Å². The van der Waals surface area contributed by atoms with Crippen molar-refractivity contribution in [3.63, 3.8) is 0 Å². The number of ether oxygens (including phenoxy) is 1. The molecule has 0 unspecified atom stereocenters. The SMILES string of the molecule is CC(F)(F)c1cc(Cc2nc(C(C)(F)F)c(Oc3cc(Cl)cc(C#N)c3)c(=O)[nH]2)c(=O)[nH]n1. The quantitative estimate of drug-likeness (QED) is 0.511. The lowest BCUT2D eigenvalue weighted by atomic mass is 10.1. The third kappa shape index (κ3) is 5.56. The van der Waals surface area contributed by atoms with E-state index in [1.54, 1.807) is 6.07 Å². The van der Waals surface area contributed by atoms with E-state index in [2.05, 4.69) is 15.1 Å². The van der Waals surface area contributed by atoms with Gasteiger partial charge in [0.1, 0.15) is 17.3 Å². The highest BCUT2D eigenvalue weighted by Crippen LogP contribution is 2.34. The van der Waals surface area contributed by atoms with Gasteiger partial charge in [-0.3, -0.25) is 9.59 Å². The minimum atomic E-state index is -3.67. The summed E-state index contributed by atoms with van der Waals surface area (Å²) in [6, 6.07) is 6.29. The zero-order valence-corrected chi connectivity index (χ0v) is 17.7. The Morgan fingerprint density at radius 3 is 2.39 bits per heavy atom. The summed E-state index contributed by atoms with van der Waals surface area (Å²) in [5.41, 5.74) is -4.03. The van der Waals surface area contributed by atoms with Crippen molar-refractivity contribution in [2.24, 2.45) is 0 Å². The largest absolute Gasteiger partial charge is 0.449 e. The highest BCUT2D eigenvalue weighted by Gasteiger charge is 2.34. The number of alkyl halides is 4. The first-order valence-electron chi connectivity index (χ1n) is 9.15. The van der Waals surface area contributed by atoms with Gasteiger partial charge in [0, 0.05) is 30.9 Å². The van der Waals surface area contributed by atoms with Crippen molar-refractivity contribution in [3.8, 4) is 17.6 Å². The first-order chi connectivity index (χ1) is 15.3. The number of hydrogen-bond donors (Lipinski definition) is 2. The number of benzene rings is 1. The van der Waals surface area contributed by atoms with Crippen LogP contribution in [-0.2, 0) is 18.3 Å². The molecule has 0 amide bonds. The molecule has 0 aliphatic rings. The van der Waals surface area contributed by atoms with E-state index >= 15 is 0 Å². The molecular formula is C20H14ClF4N5O3. The van der Waals surface area contributed by atoms with Crippen LogP contribution in [0.2, 0.25) is 5.02 Å². The van der Waals surface area contributed by atoms with Gasteiger partial charge in [-0.1, -0.05) is 11.6 Å². The van der Waals surface area contributed by atoms with Crippen LogP contribution in [0.15, 0.2) is 33.9 Å². The zero-order chi connectivity index (χ0) is 24.6. The van der Waals surface area contributed by atoms with E-state index < -0.39 is 52.3 Å². The Labute approximate surface area is 187 Å². The molecule has 33 heavy (non-hydrogen) atoms. The maximum Gasteiger partial charge on any atom is 0.294 e. The molecule has 2 N–H and O–H groups in total. The number of halogens is 5. The van der Waals surface area contributed by atoms with Gasteiger partial charge in [-0.15, -0.1) is 0 Å². The van der Waals surface area contributed by atoms with E-state index in [1.807, 2.05) is 5.10 Å². The summed E-state index contributed by atoms with van der Waals surface area (Å²) in [7, 11) is 0. The number of nitriles is 1. The molecule has 1 aromatic carbocycles. The molecule has 0 spiro atoms. The number of nitrogens with zero attached hydrogens (tertiary/aromatic N) is 3. The molecule has 0 bridgehead atoms. The summed E-state index contributed by atoms with van der Waals surface area (Å²) < 4.78 is 60.9. The number of aromatic nitrogens is 4. The van der Waals surface area contributed by atoms with Crippen LogP contribution in [0.5, 0.6) is 11.5 Å². The predicted octanol–water partition coefficient (Wildman–Crippen LogP) is 3.98. The smallest absolute Gasteiger partial charge is 0.294 e. The summed E-state index contributed by atoms with van der Waals surface area (Å²) in [5, 5.41) is 14.2. The van der Waals surface area contributed by atoms with Crippen molar-refractivity contribution in [3.05, 3.63) is 78.3 Å². The van der Waals surface area contributed by atoms with Crippen LogP contribution >= 0.6 is 11.6 Å². The van der Waals surface area contributed by atoms with E-state index in [9.17, 15) is 27.2 Å². The standard InChI is InChI=1S/C20H14ClF4N5O3/c1-19(22,23)13-5-10(17(31)30-29-13)6-14-27-16(20(2,24)25)15(18(32)28-14)33-12-4-9(8-26)3-11(21)7-12/h3-5,7H,6H2,1-2H3,(H,30,31)(H,27,28,32). The maximum atomic E-state index is 14.3. The molecule has 3 aromatic rings. The average molecular weight is 484 g/mol. The number of aromatic amines is 2. The second-order valence-electron chi connectivity index (χ2n) is 7.14. The Bertz CT molecular complexity index is 1370. The molecule has 0 fully saturated rings. The minimum Gasteiger partial charge on any atom is -0.449 e. The fourth-order valence-electron chi connectivity index (χ4n) is 2.77. The van der Waals surface area contributed by atoms with Crippen molar-refractivity contribution in [2.45, 2.75) is 32.1 Å². The van der Waals surface area contributed by atoms with Gasteiger partial charge in [0.05, 0.1) is 11.6 Å². The van der Waals surface area contributed by atoms with Crippen molar-refractivity contribution in [1.29, 1.82) is 5.26 Å². The summed E-state index contributed by atoms with van der Waals surface area (Å²) in [6.07, 6.45) is -0.546. The second kappa shape index (κ2) is 8.67. The maximum absolute atomic E-state index is 14.3. The molecule has 8 nitrogen and oxygen atoms in total. The lowest BCUT2D eigenvalue weighted by Crippen LogP contribution is -2.25. The topological polar surface area (TPSA) is 125 Å². The third-order valence-electron chi connectivity index (χ3n) is 4.25. The van der Waals surface area contributed by atoms with Gasteiger partial charge in [0.15, 0.2) is 5.69 Å². The summed E-state index contributed by atoms with van der Waals surface area (Å²) >= 11 is 5.87.